The number of rotatable bonds is 3. The second-order valence-electron chi connectivity index (χ2n) is 4.19. The molecule has 0 heterocycles. The van der Waals surface area contributed by atoms with E-state index in [9.17, 15) is 9.18 Å². The third-order valence-corrected chi connectivity index (χ3v) is 2.63. The molecular formula is C14H14FN3O. The zero-order valence-corrected chi connectivity index (χ0v) is 10.2. The Kier molecular flexibility index (Phi) is 3.66. The van der Waals surface area contributed by atoms with Crippen molar-refractivity contribution in [3.05, 3.63) is 53.8 Å². The Bertz CT molecular complexity index is 613. The van der Waals surface area contributed by atoms with E-state index in [4.69, 9.17) is 11.5 Å². The predicted molar refractivity (Wildman–Crippen MR) is 74.0 cm³/mol. The van der Waals surface area contributed by atoms with Crippen LogP contribution in [0.25, 0.3) is 0 Å². The number of halogens is 1. The van der Waals surface area contributed by atoms with E-state index in [-0.39, 0.29) is 12.3 Å². The van der Waals surface area contributed by atoms with Crippen LogP contribution in [0.4, 0.5) is 21.5 Å². The van der Waals surface area contributed by atoms with Crippen LogP contribution in [0.2, 0.25) is 0 Å². The summed E-state index contributed by atoms with van der Waals surface area (Å²) in [5, 5.41) is 2.61. The molecule has 0 aromatic heterocycles. The Morgan fingerprint density at radius 3 is 2.63 bits per heavy atom. The van der Waals surface area contributed by atoms with Gasteiger partial charge in [-0.25, -0.2) is 4.39 Å². The molecule has 0 radical (unpaired) electrons. The number of nitrogens with one attached hydrogen (secondary N) is 1. The van der Waals surface area contributed by atoms with Crippen LogP contribution in [0.3, 0.4) is 0 Å². The molecule has 0 aliphatic rings. The summed E-state index contributed by atoms with van der Waals surface area (Å²) in [4.78, 5) is 11.8. The normalized spacial score (nSPS) is 10.2. The molecule has 0 aliphatic carbocycles. The van der Waals surface area contributed by atoms with Gasteiger partial charge in [0.15, 0.2) is 0 Å². The molecule has 0 saturated heterocycles. The van der Waals surface area contributed by atoms with E-state index < -0.39 is 5.82 Å². The van der Waals surface area contributed by atoms with Gasteiger partial charge in [-0.1, -0.05) is 12.1 Å². The minimum atomic E-state index is -0.398. The molecule has 0 aliphatic heterocycles. The largest absolute Gasteiger partial charge is 0.399 e. The molecule has 0 spiro atoms. The van der Waals surface area contributed by atoms with Crippen LogP contribution in [0.5, 0.6) is 0 Å². The van der Waals surface area contributed by atoms with Crippen LogP contribution >= 0.6 is 0 Å². The quantitative estimate of drug-likeness (QED) is 0.739. The number of hydrogen-bond donors (Lipinski definition) is 3. The van der Waals surface area contributed by atoms with Gasteiger partial charge in [0, 0.05) is 17.1 Å². The van der Waals surface area contributed by atoms with Crippen molar-refractivity contribution in [3.8, 4) is 0 Å². The summed E-state index contributed by atoms with van der Waals surface area (Å²) in [6, 6.07) is 10.7. The van der Waals surface area contributed by atoms with Crippen LogP contribution in [0.15, 0.2) is 42.5 Å². The van der Waals surface area contributed by atoms with Crippen LogP contribution in [0, 0.1) is 5.82 Å². The molecule has 0 unspecified atom stereocenters. The number of benzene rings is 2. The molecule has 0 bridgehead atoms. The molecule has 2 rings (SSSR count). The monoisotopic (exact) mass is 259 g/mol. The van der Waals surface area contributed by atoms with Crippen LogP contribution in [-0.4, -0.2) is 5.91 Å². The summed E-state index contributed by atoms with van der Waals surface area (Å²) in [5.41, 5.74) is 13.5. The van der Waals surface area contributed by atoms with Gasteiger partial charge in [-0.05, 0) is 35.9 Å². The first-order valence-corrected chi connectivity index (χ1v) is 5.74. The fraction of sp³-hybridized carbons (Fsp3) is 0.0714. The Morgan fingerprint density at radius 1 is 1.16 bits per heavy atom. The lowest BCUT2D eigenvalue weighted by molar-refractivity contribution is -0.115. The first-order valence-electron chi connectivity index (χ1n) is 5.74. The molecule has 0 fully saturated rings. The standard InChI is InChI=1S/C14H14FN3O/c15-10-2-1-3-12(7-10)18-14(19)6-9-4-5-11(16)8-13(9)17/h1-5,7-8H,6,16-17H2,(H,18,19). The van der Waals surface area contributed by atoms with E-state index in [1.165, 1.54) is 18.2 Å². The highest BCUT2D eigenvalue weighted by atomic mass is 19.1. The maximum Gasteiger partial charge on any atom is 0.228 e. The van der Waals surface area contributed by atoms with Crippen molar-refractivity contribution < 1.29 is 9.18 Å². The van der Waals surface area contributed by atoms with E-state index in [2.05, 4.69) is 5.32 Å². The van der Waals surface area contributed by atoms with Crippen LogP contribution in [-0.2, 0) is 11.2 Å². The zero-order chi connectivity index (χ0) is 13.8. The predicted octanol–water partition coefficient (Wildman–Crippen LogP) is 2.17. The fourth-order valence-corrected chi connectivity index (χ4v) is 1.72. The Labute approximate surface area is 110 Å². The first-order chi connectivity index (χ1) is 9.04. The summed E-state index contributed by atoms with van der Waals surface area (Å²) in [5.74, 6) is -0.660. The van der Waals surface area contributed by atoms with Crippen molar-refractivity contribution in [2.24, 2.45) is 0 Å². The molecule has 5 N–H and O–H groups in total. The summed E-state index contributed by atoms with van der Waals surface area (Å²) in [6.07, 6.45) is 0.114. The maximum absolute atomic E-state index is 13.0. The van der Waals surface area contributed by atoms with Crippen molar-refractivity contribution in [2.45, 2.75) is 6.42 Å². The summed E-state index contributed by atoms with van der Waals surface area (Å²) in [7, 11) is 0. The summed E-state index contributed by atoms with van der Waals surface area (Å²) >= 11 is 0. The van der Waals surface area contributed by atoms with Gasteiger partial charge in [-0.3, -0.25) is 4.79 Å². The average Bonchev–Trinajstić information content (AvgIpc) is 2.33. The molecule has 19 heavy (non-hydrogen) atoms. The number of carbonyl (C=O) groups excluding carboxylic acids is 1. The van der Waals surface area contributed by atoms with Crippen LogP contribution in [0.1, 0.15) is 5.56 Å². The van der Waals surface area contributed by atoms with Crippen molar-refractivity contribution >= 4 is 23.0 Å². The first kappa shape index (κ1) is 12.9. The van der Waals surface area contributed by atoms with Gasteiger partial charge in [0.05, 0.1) is 6.42 Å². The maximum atomic E-state index is 13.0. The lowest BCUT2D eigenvalue weighted by Gasteiger charge is -2.08. The van der Waals surface area contributed by atoms with Gasteiger partial charge < -0.3 is 16.8 Å². The second-order valence-corrected chi connectivity index (χ2v) is 4.19. The van der Waals surface area contributed by atoms with Crippen molar-refractivity contribution in [3.63, 3.8) is 0 Å². The fourth-order valence-electron chi connectivity index (χ4n) is 1.72. The number of nitrogen functional groups attached to an aromatic ring is 2. The molecular weight excluding hydrogens is 245 g/mol. The molecule has 0 saturated carbocycles. The average molecular weight is 259 g/mol. The van der Waals surface area contributed by atoms with Crippen molar-refractivity contribution in [1.82, 2.24) is 0 Å². The van der Waals surface area contributed by atoms with Gasteiger partial charge in [0.1, 0.15) is 5.82 Å². The number of carbonyl (C=O) groups is 1. The third-order valence-electron chi connectivity index (χ3n) is 2.63. The van der Waals surface area contributed by atoms with E-state index >= 15 is 0 Å². The third kappa shape index (κ3) is 3.45. The zero-order valence-electron chi connectivity index (χ0n) is 10.2. The number of amides is 1. The van der Waals surface area contributed by atoms with E-state index in [1.54, 1.807) is 24.3 Å². The van der Waals surface area contributed by atoms with Gasteiger partial charge >= 0.3 is 0 Å². The molecule has 2 aromatic rings. The SMILES string of the molecule is Nc1ccc(CC(=O)Nc2cccc(F)c2)c(N)c1. The highest BCUT2D eigenvalue weighted by molar-refractivity contribution is 5.93. The molecule has 2 aromatic carbocycles. The molecule has 1 amide bonds. The van der Waals surface area contributed by atoms with E-state index in [0.717, 1.165) is 0 Å². The van der Waals surface area contributed by atoms with Crippen molar-refractivity contribution in [1.29, 1.82) is 0 Å². The molecule has 5 heteroatoms. The highest BCUT2D eigenvalue weighted by Crippen LogP contribution is 2.17. The topological polar surface area (TPSA) is 81.1 Å². The Morgan fingerprint density at radius 2 is 1.95 bits per heavy atom. The number of nitrogens with two attached hydrogens (primary N) is 2. The van der Waals surface area contributed by atoms with Gasteiger partial charge in [-0.15, -0.1) is 0 Å². The lowest BCUT2D eigenvalue weighted by atomic mass is 10.1. The number of anilines is 3. The van der Waals surface area contributed by atoms with Crippen LogP contribution < -0.4 is 16.8 Å². The Hall–Kier alpha value is -2.56. The molecule has 0 atom stereocenters. The smallest absolute Gasteiger partial charge is 0.228 e. The van der Waals surface area contributed by atoms with E-state index in [1.807, 2.05) is 0 Å². The lowest BCUT2D eigenvalue weighted by Crippen LogP contribution is -2.15. The molecule has 98 valence electrons. The minimum absolute atomic E-state index is 0.114. The van der Waals surface area contributed by atoms with Gasteiger partial charge in [0.25, 0.3) is 0 Å². The second kappa shape index (κ2) is 5.39. The minimum Gasteiger partial charge on any atom is -0.399 e. The summed E-state index contributed by atoms with van der Waals surface area (Å²) in [6.45, 7) is 0. The molecule has 4 nitrogen and oxygen atoms in total. The van der Waals surface area contributed by atoms with Gasteiger partial charge in [-0.2, -0.15) is 0 Å². The Balaban J connectivity index is 2.05. The number of hydrogen-bond acceptors (Lipinski definition) is 3. The van der Waals surface area contributed by atoms with E-state index in [0.29, 0.717) is 22.6 Å². The summed E-state index contributed by atoms with van der Waals surface area (Å²) < 4.78 is 13.0. The van der Waals surface area contributed by atoms with Crippen molar-refractivity contribution in [2.75, 3.05) is 16.8 Å². The van der Waals surface area contributed by atoms with Gasteiger partial charge in [0.2, 0.25) is 5.91 Å². The highest BCUT2D eigenvalue weighted by Gasteiger charge is 2.07.